The van der Waals surface area contributed by atoms with Crippen molar-refractivity contribution in [2.75, 3.05) is 44.3 Å². The number of hydrogen-bond acceptors (Lipinski definition) is 8. The molecule has 5 rings (SSSR count). The molecule has 1 aliphatic heterocycles. The van der Waals surface area contributed by atoms with Crippen molar-refractivity contribution in [1.82, 2.24) is 19.9 Å². The summed E-state index contributed by atoms with van der Waals surface area (Å²) in [5.74, 6) is -1.64. The summed E-state index contributed by atoms with van der Waals surface area (Å²) in [5.41, 5.74) is 0.435. The first-order chi connectivity index (χ1) is 18.9. The summed E-state index contributed by atoms with van der Waals surface area (Å²) in [7, 11) is 0. The Morgan fingerprint density at radius 1 is 1.13 bits per heavy atom. The standard InChI is InChI=1S/C27H23ClFN5O5/c1-2-13-38-27(37)34-11-9-33(10-12-34)25-18-14-30-23(17-7-3-5-16-6-4-8-19(28)21(16)17)22(29)24(18)31-26(32-25)39-15-20(35)36/h2-8,14H,1,9-13,15H2,(H,35,36). The van der Waals surface area contributed by atoms with Crippen LogP contribution < -0.4 is 9.64 Å². The molecule has 4 aromatic rings. The van der Waals surface area contributed by atoms with Gasteiger partial charge in [0.1, 0.15) is 23.6 Å². The summed E-state index contributed by atoms with van der Waals surface area (Å²) in [6.07, 6.45) is 2.51. The Balaban J connectivity index is 1.57. The third kappa shape index (κ3) is 5.26. The van der Waals surface area contributed by atoms with Crippen molar-refractivity contribution >= 4 is 51.2 Å². The van der Waals surface area contributed by atoms with Crippen LogP contribution in [0.2, 0.25) is 5.02 Å². The topological polar surface area (TPSA) is 118 Å². The van der Waals surface area contributed by atoms with Gasteiger partial charge in [0.15, 0.2) is 12.4 Å². The molecule has 2 aromatic carbocycles. The lowest BCUT2D eigenvalue weighted by Gasteiger charge is -2.35. The Morgan fingerprint density at radius 2 is 1.87 bits per heavy atom. The van der Waals surface area contributed by atoms with Gasteiger partial charge in [-0.3, -0.25) is 4.98 Å². The zero-order valence-electron chi connectivity index (χ0n) is 20.6. The fourth-order valence-electron chi connectivity index (χ4n) is 4.46. The summed E-state index contributed by atoms with van der Waals surface area (Å²) >= 11 is 6.47. The molecule has 200 valence electrons. The normalized spacial score (nSPS) is 13.5. The zero-order chi connectivity index (χ0) is 27.5. The number of ether oxygens (including phenoxy) is 2. The molecule has 1 saturated heterocycles. The smallest absolute Gasteiger partial charge is 0.410 e. The van der Waals surface area contributed by atoms with Crippen molar-refractivity contribution in [2.24, 2.45) is 0 Å². The number of aromatic nitrogens is 3. The van der Waals surface area contributed by atoms with E-state index in [9.17, 15) is 9.59 Å². The molecule has 1 aliphatic rings. The van der Waals surface area contributed by atoms with Crippen LogP contribution in [0, 0.1) is 5.82 Å². The van der Waals surface area contributed by atoms with E-state index in [1.807, 2.05) is 23.1 Å². The number of rotatable bonds is 7. The highest BCUT2D eigenvalue weighted by Crippen LogP contribution is 2.37. The average molecular weight is 552 g/mol. The largest absolute Gasteiger partial charge is 0.479 e. The van der Waals surface area contributed by atoms with Gasteiger partial charge in [-0.25, -0.2) is 14.0 Å². The van der Waals surface area contributed by atoms with Gasteiger partial charge in [0, 0.05) is 48.3 Å². The second-order valence-electron chi connectivity index (χ2n) is 8.68. The highest BCUT2D eigenvalue weighted by Gasteiger charge is 2.27. The van der Waals surface area contributed by atoms with E-state index in [4.69, 9.17) is 26.2 Å². The number of carbonyl (C=O) groups is 2. The van der Waals surface area contributed by atoms with Gasteiger partial charge >= 0.3 is 18.1 Å². The monoisotopic (exact) mass is 551 g/mol. The van der Waals surface area contributed by atoms with E-state index >= 15 is 4.39 Å². The van der Waals surface area contributed by atoms with Gasteiger partial charge in [-0.15, -0.1) is 0 Å². The Bertz CT molecular complexity index is 1590. The number of piperazine rings is 1. The number of amides is 1. The van der Waals surface area contributed by atoms with Crippen LogP contribution in [0.5, 0.6) is 6.01 Å². The van der Waals surface area contributed by atoms with Gasteiger partial charge < -0.3 is 24.4 Å². The first kappa shape index (κ1) is 26.1. The molecule has 0 atom stereocenters. The number of aliphatic carboxylic acids is 1. The van der Waals surface area contributed by atoms with Gasteiger partial charge in [0.2, 0.25) is 0 Å². The lowest BCUT2D eigenvalue weighted by molar-refractivity contribution is -0.139. The molecular formula is C27H23ClFN5O5. The molecular weight excluding hydrogens is 529 g/mol. The van der Waals surface area contributed by atoms with Crippen LogP contribution in [-0.4, -0.2) is 76.4 Å². The van der Waals surface area contributed by atoms with Crippen molar-refractivity contribution in [3.05, 3.63) is 66.1 Å². The molecule has 10 nitrogen and oxygen atoms in total. The number of halogens is 2. The van der Waals surface area contributed by atoms with Crippen molar-refractivity contribution in [2.45, 2.75) is 0 Å². The summed E-state index contributed by atoms with van der Waals surface area (Å²) in [5, 5.41) is 11.3. The summed E-state index contributed by atoms with van der Waals surface area (Å²) in [6.45, 7) is 4.31. The maximum Gasteiger partial charge on any atom is 0.410 e. The van der Waals surface area contributed by atoms with Crippen LogP contribution in [0.25, 0.3) is 32.9 Å². The predicted molar refractivity (Wildman–Crippen MR) is 144 cm³/mol. The summed E-state index contributed by atoms with van der Waals surface area (Å²) in [4.78, 5) is 39.7. The SMILES string of the molecule is C=CCOC(=O)N1CCN(c2nc(OCC(=O)O)nc3c(F)c(-c4cccc5cccc(Cl)c45)ncc23)CC1. The maximum absolute atomic E-state index is 16.2. The van der Waals surface area contributed by atoms with Crippen LogP contribution in [0.1, 0.15) is 0 Å². The highest BCUT2D eigenvalue weighted by molar-refractivity contribution is 6.36. The Morgan fingerprint density at radius 3 is 2.59 bits per heavy atom. The second kappa shape index (κ2) is 11.1. The summed E-state index contributed by atoms with van der Waals surface area (Å²) < 4.78 is 26.5. The van der Waals surface area contributed by atoms with Gasteiger partial charge in [0.25, 0.3) is 0 Å². The third-order valence-corrected chi connectivity index (χ3v) is 6.55. The first-order valence-corrected chi connectivity index (χ1v) is 12.4. The van der Waals surface area contributed by atoms with Crippen molar-refractivity contribution in [1.29, 1.82) is 0 Å². The fraction of sp³-hybridized carbons (Fsp3) is 0.222. The quantitative estimate of drug-likeness (QED) is 0.330. The molecule has 12 heteroatoms. The molecule has 0 radical (unpaired) electrons. The molecule has 1 amide bonds. The number of nitrogens with zero attached hydrogens (tertiary/aromatic N) is 5. The molecule has 0 spiro atoms. The molecule has 0 bridgehead atoms. The molecule has 3 heterocycles. The van der Waals surface area contributed by atoms with Crippen LogP contribution in [0.15, 0.2) is 55.3 Å². The van der Waals surface area contributed by atoms with E-state index in [0.717, 1.165) is 5.39 Å². The van der Waals surface area contributed by atoms with Gasteiger partial charge in [-0.1, -0.05) is 54.6 Å². The van der Waals surface area contributed by atoms with Crippen LogP contribution in [-0.2, 0) is 9.53 Å². The van der Waals surface area contributed by atoms with E-state index in [0.29, 0.717) is 53.4 Å². The number of carbonyl (C=O) groups excluding carboxylic acids is 1. The van der Waals surface area contributed by atoms with Crippen molar-refractivity contribution < 1.29 is 28.6 Å². The predicted octanol–water partition coefficient (Wildman–Crippen LogP) is 4.55. The molecule has 2 aromatic heterocycles. The van der Waals surface area contributed by atoms with Crippen molar-refractivity contribution in [3.8, 4) is 17.3 Å². The Kier molecular flexibility index (Phi) is 7.42. The lowest BCUT2D eigenvalue weighted by Crippen LogP contribution is -2.49. The average Bonchev–Trinajstić information content (AvgIpc) is 2.95. The number of hydrogen-bond donors (Lipinski definition) is 1. The van der Waals surface area contributed by atoms with E-state index in [-0.39, 0.29) is 23.8 Å². The molecule has 39 heavy (non-hydrogen) atoms. The Hall–Kier alpha value is -4.51. The minimum absolute atomic E-state index is 0.0322. The van der Waals surface area contributed by atoms with Crippen LogP contribution in [0.3, 0.4) is 0 Å². The zero-order valence-corrected chi connectivity index (χ0v) is 21.4. The van der Waals surface area contributed by atoms with E-state index < -0.39 is 24.5 Å². The number of carboxylic acids is 1. The molecule has 1 fully saturated rings. The minimum atomic E-state index is -1.23. The van der Waals surface area contributed by atoms with Crippen molar-refractivity contribution in [3.63, 3.8) is 0 Å². The highest BCUT2D eigenvalue weighted by atomic mass is 35.5. The van der Waals surface area contributed by atoms with Crippen LogP contribution in [0.4, 0.5) is 15.0 Å². The van der Waals surface area contributed by atoms with Crippen LogP contribution >= 0.6 is 11.6 Å². The molecule has 0 aliphatic carbocycles. The first-order valence-electron chi connectivity index (χ1n) is 12.0. The number of fused-ring (bicyclic) bond motifs is 2. The summed E-state index contributed by atoms with van der Waals surface area (Å²) in [6, 6.07) is 10.5. The molecule has 0 saturated carbocycles. The van der Waals surface area contributed by atoms with E-state index in [1.54, 1.807) is 23.1 Å². The van der Waals surface area contributed by atoms with E-state index in [2.05, 4.69) is 21.5 Å². The number of carboxylic acid groups (broad SMARTS) is 1. The number of anilines is 1. The fourth-order valence-corrected chi connectivity index (χ4v) is 4.74. The second-order valence-corrected chi connectivity index (χ2v) is 9.09. The number of pyridine rings is 1. The molecule has 0 unspecified atom stereocenters. The maximum atomic E-state index is 16.2. The lowest BCUT2D eigenvalue weighted by atomic mass is 10.0. The third-order valence-electron chi connectivity index (χ3n) is 6.24. The van der Waals surface area contributed by atoms with E-state index in [1.165, 1.54) is 12.3 Å². The number of benzene rings is 2. The minimum Gasteiger partial charge on any atom is -0.479 e. The van der Waals surface area contributed by atoms with Gasteiger partial charge in [-0.2, -0.15) is 9.97 Å². The van der Waals surface area contributed by atoms with Gasteiger partial charge in [0.05, 0.1) is 5.39 Å². The van der Waals surface area contributed by atoms with Gasteiger partial charge in [-0.05, 0) is 11.5 Å². The Labute approximate surface area is 227 Å². The molecule has 1 N–H and O–H groups in total.